The van der Waals surface area contributed by atoms with Gasteiger partial charge in [0, 0.05) is 20.2 Å². The van der Waals surface area contributed by atoms with E-state index in [0.717, 1.165) is 25.2 Å². The third kappa shape index (κ3) is 1.90. The van der Waals surface area contributed by atoms with Gasteiger partial charge in [0.1, 0.15) is 5.82 Å². The van der Waals surface area contributed by atoms with E-state index in [0.29, 0.717) is 0 Å². The van der Waals surface area contributed by atoms with Gasteiger partial charge in [-0.05, 0) is 18.6 Å². The number of ether oxygens (including phenoxy) is 1. The van der Waals surface area contributed by atoms with Gasteiger partial charge < -0.3 is 15.4 Å². The van der Waals surface area contributed by atoms with Crippen molar-refractivity contribution in [3.05, 3.63) is 24.0 Å². The van der Waals surface area contributed by atoms with Crippen molar-refractivity contribution < 1.29 is 9.13 Å². The van der Waals surface area contributed by atoms with E-state index in [2.05, 4.69) is 4.90 Å². The van der Waals surface area contributed by atoms with Gasteiger partial charge in [0.05, 0.1) is 17.5 Å². The van der Waals surface area contributed by atoms with Crippen molar-refractivity contribution in [2.75, 3.05) is 30.8 Å². The molecule has 1 fully saturated rings. The van der Waals surface area contributed by atoms with Crippen molar-refractivity contribution in [3.63, 3.8) is 0 Å². The lowest BCUT2D eigenvalue weighted by Crippen LogP contribution is -2.23. The van der Waals surface area contributed by atoms with Crippen LogP contribution in [0.2, 0.25) is 0 Å². The molecule has 0 spiro atoms. The standard InChI is InChI=1S/C11H15FN2O/c1-15-8-5-6-14(7-8)10-4-2-3-9(12)11(10)13/h2-4,8H,5-7,13H2,1H3. The lowest BCUT2D eigenvalue weighted by molar-refractivity contribution is 0.121. The molecule has 1 aromatic rings. The van der Waals surface area contributed by atoms with E-state index >= 15 is 0 Å². The summed E-state index contributed by atoms with van der Waals surface area (Å²) in [5.74, 6) is -0.353. The van der Waals surface area contributed by atoms with Gasteiger partial charge in [-0.25, -0.2) is 4.39 Å². The molecule has 4 heteroatoms. The second-order valence-corrected chi connectivity index (χ2v) is 3.77. The summed E-state index contributed by atoms with van der Waals surface area (Å²) in [5.41, 5.74) is 6.70. The molecule has 1 atom stereocenters. The number of methoxy groups -OCH3 is 1. The molecule has 1 aliphatic heterocycles. The maximum atomic E-state index is 13.2. The maximum Gasteiger partial charge on any atom is 0.148 e. The number of hydrogen-bond acceptors (Lipinski definition) is 3. The highest BCUT2D eigenvalue weighted by Crippen LogP contribution is 2.28. The Labute approximate surface area is 88.6 Å². The quantitative estimate of drug-likeness (QED) is 0.754. The summed E-state index contributed by atoms with van der Waals surface area (Å²) in [5, 5.41) is 0. The monoisotopic (exact) mass is 210 g/mol. The molecule has 2 rings (SSSR count). The molecule has 0 aliphatic carbocycles. The zero-order valence-corrected chi connectivity index (χ0v) is 8.74. The first-order valence-corrected chi connectivity index (χ1v) is 5.04. The summed E-state index contributed by atoms with van der Waals surface area (Å²) < 4.78 is 18.5. The number of nitrogens with two attached hydrogens (primary N) is 1. The highest BCUT2D eigenvalue weighted by Gasteiger charge is 2.24. The van der Waals surface area contributed by atoms with Crippen LogP contribution in [0.15, 0.2) is 18.2 Å². The molecule has 1 heterocycles. The Morgan fingerprint density at radius 1 is 1.53 bits per heavy atom. The summed E-state index contributed by atoms with van der Waals surface area (Å²) in [6.45, 7) is 1.65. The second-order valence-electron chi connectivity index (χ2n) is 3.77. The van der Waals surface area contributed by atoms with Crippen LogP contribution in [0.3, 0.4) is 0 Å². The maximum absolute atomic E-state index is 13.2. The molecule has 1 aromatic carbocycles. The average Bonchev–Trinajstić information content (AvgIpc) is 2.70. The molecular formula is C11H15FN2O. The lowest BCUT2D eigenvalue weighted by Gasteiger charge is -2.20. The van der Waals surface area contributed by atoms with Crippen LogP contribution in [0.4, 0.5) is 15.8 Å². The highest BCUT2D eigenvalue weighted by atomic mass is 19.1. The van der Waals surface area contributed by atoms with Crippen molar-refractivity contribution in [1.82, 2.24) is 0 Å². The van der Waals surface area contributed by atoms with Gasteiger partial charge in [0.15, 0.2) is 0 Å². The molecule has 1 unspecified atom stereocenters. The summed E-state index contributed by atoms with van der Waals surface area (Å²) >= 11 is 0. The number of nitrogen functional groups attached to an aromatic ring is 1. The lowest BCUT2D eigenvalue weighted by atomic mass is 10.2. The van der Waals surface area contributed by atoms with Crippen molar-refractivity contribution in [1.29, 1.82) is 0 Å². The zero-order chi connectivity index (χ0) is 10.8. The SMILES string of the molecule is COC1CCN(c2cccc(F)c2N)C1. The van der Waals surface area contributed by atoms with Crippen LogP contribution >= 0.6 is 0 Å². The number of benzene rings is 1. The Bertz CT molecular complexity index is 356. The number of hydrogen-bond donors (Lipinski definition) is 1. The number of halogens is 1. The smallest absolute Gasteiger partial charge is 0.148 e. The van der Waals surface area contributed by atoms with E-state index in [9.17, 15) is 4.39 Å². The normalized spacial score (nSPS) is 20.9. The minimum absolute atomic E-state index is 0.229. The second kappa shape index (κ2) is 4.06. The molecule has 82 valence electrons. The summed E-state index contributed by atoms with van der Waals surface area (Å²) in [7, 11) is 1.70. The van der Waals surface area contributed by atoms with E-state index in [1.807, 2.05) is 6.07 Å². The predicted molar refractivity (Wildman–Crippen MR) is 58.4 cm³/mol. The largest absolute Gasteiger partial charge is 0.395 e. The van der Waals surface area contributed by atoms with Gasteiger partial charge in [-0.3, -0.25) is 0 Å². The first kappa shape index (κ1) is 10.2. The molecule has 3 nitrogen and oxygen atoms in total. The third-order valence-electron chi connectivity index (χ3n) is 2.85. The molecule has 0 aromatic heterocycles. The molecule has 0 amide bonds. The number of nitrogens with zero attached hydrogens (tertiary/aromatic N) is 1. The fraction of sp³-hybridized carbons (Fsp3) is 0.455. The average molecular weight is 210 g/mol. The van der Waals surface area contributed by atoms with Gasteiger partial charge in [-0.1, -0.05) is 6.07 Å². The van der Waals surface area contributed by atoms with E-state index in [-0.39, 0.29) is 17.6 Å². The first-order valence-electron chi connectivity index (χ1n) is 5.04. The van der Waals surface area contributed by atoms with Gasteiger partial charge in [-0.2, -0.15) is 0 Å². The number of rotatable bonds is 2. The molecule has 1 saturated heterocycles. The molecule has 1 aliphatic rings. The molecule has 15 heavy (non-hydrogen) atoms. The Balaban J connectivity index is 2.20. The summed E-state index contributed by atoms with van der Waals surface area (Å²) in [6.07, 6.45) is 1.19. The fourth-order valence-corrected chi connectivity index (χ4v) is 1.94. The Hall–Kier alpha value is -1.29. The Kier molecular flexibility index (Phi) is 2.77. The van der Waals surface area contributed by atoms with Crippen LogP contribution in [-0.4, -0.2) is 26.3 Å². The molecule has 0 saturated carbocycles. The van der Waals surface area contributed by atoms with Crippen LogP contribution in [-0.2, 0) is 4.74 Å². The molecule has 2 N–H and O–H groups in total. The highest BCUT2D eigenvalue weighted by molar-refractivity contribution is 5.68. The van der Waals surface area contributed by atoms with Gasteiger partial charge >= 0.3 is 0 Å². The predicted octanol–water partition coefficient (Wildman–Crippen LogP) is 1.63. The van der Waals surface area contributed by atoms with E-state index in [4.69, 9.17) is 10.5 Å². The summed E-state index contributed by atoms with van der Waals surface area (Å²) in [6, 6.07) is 4.90. The number of anilines is 2. The zero-order valence-electron chi connectivity index (χ0n) is 8.74. The van der Waals surface area contributed by atoms with Gasteiger partial charge in [0.2, 0.25) is 0 Å². The Morgan fingerprint density at radius 3 is 3.00 bits per heavy atom. The molecular weight excluding hydrogens is 195 g/mol. The van der Waals surface area contributed by atoms with Crippen molar-refractivity contribution in [2.24, 2.45) is 0 Å². The van der Waals surface area contributed by atoms with E-state index < -0.39 is 0 Å². The first-order chi connectivity index (χ1) is 7.22. The van der Waals surface area contributed by atoms with Gasteiger partial charge in [0.25, 0.3) is 0 Å². The summed E-state index contributed by atoms with van der Waals surface area (Å²) in [4.78, 5) is 2.06. The van der Waals surface area contributed by atoms with Crippen molar-refractivity contribution in [3.8, 4) is 0 Å². The number of para-hydroxylation sites is 1. The van der Waals surface area contributed by atoms with Crippen molar-refractivity contribution >= 4 is 11.4 Å². The van der Waals surface area contributed by atoms with Crippen LogP contribution in [0.1, 0.15) is 6.42 Å². The topological polar surface area (TPSA) is 38.5 Å². The molecule has 0 bridgehead atoms. The van der Waals surface area contributed by atoms with Crippen LogP contribution < -0.4 is 10.6 Å². The van der Waals surface area contributed by atoms with Crippen molar-refractivity contribution in [2.45, 2.75) is 12.5 Å². The van der Waals surface area contributed by atoms with Crippen LogP contribution in [0.25, 0.3) is 0 Å². The minimum atomic E-state index is -0.353. The van der Waals surface area contributed by atoms with Gasteiger partial charge in [-0.15, -0.1) is 0 Å². The fourth-order valence-electron chi connectivity index (χ4n) is 1.94. The Morgan fingerprint density at radius 2 is 2.33 bits per heavy atom. The van der Waals surface area contributed by atoms with Crippen LogP contribution in [0.5, 0.6) is 0 Å². The van der Waals surface area contributed by atoms with E-state index in [1.54, 1.807) is 13.2 Å². The molecule has 0 radical (unpaired) electrons. The van der Waals surface area contributed by atoms with Crippen LogP contribution in [0, 0.1) is 5.82 Å². The minimum Gasteiger partial charge on any atom is -0.395 e. The third-order valence-corrected chi connectivity index (χ3v) is 2.85. The van der Waals surface area contributed by atoms with E-state index in [1.165, 1.54) is 6.07 Å².